The maximum absolute atomic E-state index is 5.92. The summed E-state index contributed by atoms with van der Waals surface area (Å²) in [6, 6.07) is 5.61. The lowest BCUT2D eigenvalue weighted by molar-refractivity contribution is -0.894. The summed E-state index contributed by atoms with van der Waals surface area (Å²) < 4.78 is 1.13. The molecular weight excluding hydrogens is 238 g/mol. The molecule has 2 rings (SSSR count). The van der Waals surface area contributed by atoms with E-state index in [-0.39, 0.29) is 0 Å². The third kappa shape index (κ3) is 4.01. The number of piperazine rings is 1. The van der Waals surface area contributed by atoms with Crippen molar-refractivity contribution in [3.63, 3.8) is 0 Å². The summed E-state index contributed by atoms with van der Waals surface area (Å²) in [7, 11) is 4.59. The predicted molar refractivity (Wildman–Crippen MR) is 82.0 cm³/mol. The first kappa shape index (κ1) is 14.0. The van der Waals surface area contributed by atoms with Crippen LogP contribution >= 0.6 is 0 Å². The van der Waals surface area contributed by atoms with E-state index in [4.69, 9.17) is 11.5 Å². The van der Waals surface area contributed by atoms with Gasteiger partial charge in [-0.05, 0) is 18.2 Å². The Morgan fingerprint density at radius 3 is 2.53 bits per heavy atom. The maximum atomic E-state index is 5.92. The molecule has 0 bridgehead atoms. The Bertz CT molecular complexity index is 420. The number of nitrogens with one attached hydrogen (secondary N) is 1. The average molecular weight is 264 g/mol. The average Bonchev–Trinajstić information content (AvgIpc) is 2.34. The second-order valence-electron chi connectivity index (χ2n) is 6.00. The highest BCUT2D eigenvalue weighted by atomic mass is 15.4. The Morgan fingerprint density at radius 1 is 1.21 bits per heavy atom. The molecule has 1 aliphatic heterocycles. The molecule has 1 saturated heterocycles. The summed E-state index contributed by atoms with van der Waals surface area (Å²) >= 11 is 0. The molecule has 0 aromatic heterocycles. The monoisotopic (exact) mass is 264 g/mol. The van der Waals surface area contributed by atoms with Crippen LogP contribution in [0.1, 0.15) is 0 Å². The molecule has 1 aliphatic rings. The van der Waals surface area contributed by atoms with E-state index in [1.807, 2.05) is 12.1 Å². The Kier molecular flexibility index (Phi) is 4.17. The summed E-state index contributed by atoms with van der Waals surface area (Å²) in [5.74, 6) is 0. The van der Waals surface area contributed by atoms with Crippen molar-refractivity contribution in [1.29, 1.82) is 0 Å². The molecule has 0 atom stereocenters. The molecule has 1 aromatic carbocycles. The molecule has 0 spiro atoms. The standard InChI is InChI=1S/C14H26N5/c1-19(2)9-7-18(8-10-19)6-5-17-14-4-3-12(15)11-13(14)16/h3-4,11,17H,5-10,15-16H2,1-2H3/q+1. The van der Waals surface area contributed by atoms with E-state index in [2.05, 4.69) is 24.3 Å². The first-order valence-electron chi connectivity index (χ1n) is 6.89. The molecule has 106 valence electrons. The van der Waals surface area contributed by atoms with E-state index in [1.165, 1.54) is 26.2 Å². The lowest BCUT2D eigenvalue weighted by atomic mass is 10.2. The quantitative estimate of drug-likeness (QED) is 0.552. The molecule has 5 heteroatoms. The number of nitrogen functional groups attached to an aromatic ring is 2. The van der Waals surface area contributed by atoms with E-state index >= 15 is 0 Å². The van der Waals surface area contributed by atoms with Crippen LogP contribution < -0.4 is 16.8 Å². The van der Waals surface area contributed by atoms with Gasteiger partial charge < -0.3 is 21.3 Å². The minimum absolute atomic E-state index is 0.707. The van der Waals surface area contributed by atoms with Gasteiger partial charge in [-0.2, -0.15) is 0 Å². The molecule has 1 fully saturated rings. The van der Waals surface area contributed by atoms with Crippen molar-refractivity contribution in [3.05, 3.63) is 18.2 Å². The number of quaternary nitrogens is 1. The van der Waals surface area contributed by atoms with E-state index < -0.39 is 0 Å². The van der Waals surface area contributed by atoms with Gasteiger partial charge in [0.15, 0.2) is 0 Å². The largest absolute Gasteiger partial charge is 0.399 e. The highest BCUT2D eigenvalue weighted by Crippen LogP contribution is 2.20. The predicted octanol–water partition coefficient (Wildman–Crippen LogP) is 0.655. The molecule has 0 radical (unpaired) electrons. The molecular formula is C14H26N5+. The molecule has 0 amide bonds. The SMILES string of the molecule is C[N+]1(C)CCN(CCNc2ccc(N)cc2N)CC1. The van der Waals surface area contributed by atoms with Crippen LogP contribution in [0.2, 0.25) is 0 Å². The lowest BCUT2D eigenvalue weighted by Crippen LogP contribution is -2.55. The molecule has 1 heterocycles. The van der Waals surface area contributed by atoms with E-state index in [9.17, 15) is 0 Å². The third-order valence-electron chi connectivity index (χ3n) is 3.86. The Labute approximate surface area is 115 Å². The summed E-state index contributed by atoms with van der Waals surface area (Å²) in [5, 5.41) is 3.38. The van der Waals surface area contributed by atoms with Gasteiger partial charge in [0.25, 0.3) is 0 Å². The van der Waals surface area contributed by atoms with Gasteiger partial charge in [-0.3, -0.25) is 4.90 Å². The van der Waals surface area contributed by atoms with Crippen molar-refractivity contribution in [2.45, 2.75) is 0 Å². The Morgan fingerprint density at radius 2 is 1.89 bits per heavy atom. The second kappa shape index (κ2) is 5.67. The molecule has 5 nitrogen and oxygen atoms in total. The maximum Gasteiger partial charge on any atom is 0.0912 e. The summed E-state index contributed by atoms with van der Waals surface area (Å²) in [6.45, 7) is 6.77. The van der Waals surface area contributed by atoms with Crippen LogP contribution in [0.15, 0.2) is 18.2 Å². The Hall–Kier alpha value is -1.46. The van der Waals surface area contributed by atoms with Crippen molar-refractivity contribution in [1.82, 2.24) is 4.90 Å². The number of benzene rings is 1. The van der Waals surface area contributed by atoms with E-state index in [0.717, 1.165) is 28.9 Å². The Balaban J connectivity index is 1.75. The lowest BCUT2D eigenvalue weighted by Gasteiger charge is -2.39. The van der Waals surface area contributed by atoms with Gasteiger partial charge in [0.1, 0.15) is 0 Å². The topological polar surface area (TPSA) is 67.3 Å². The van der Waals surface area contributed by atoms with E-state index in [1.54, 1.807) is 6.07 Å². The first-order valence-corrected chi connectivity index (χ1v) is 6.89. The van der Waals surface area contributed by atoms with Crippen molar-refractivity contribution < 1.29 is 4.48 Å². The van der Waals surface area contributed by atoms with Crippen LogP contribution in [0.4, 0.5) is 17.1 Å². The number of nitrogens with zero attached hydrogens (tertiary/aromatic N) is 2. The highest BCUT2D eigenvalue weighted by Gasteiger charge is 2.23. The molecule has 0 saturated carbocycles. The van der Waals surface area contributed by atoms with Crippen LogP contribution in [-0.2, 0) is 0 Å². The van der Waals surface area contributed by atoms with Gasteiger partial charge in [-0.1, -0.05) is 0 Å². The number of rotatable bonds is 4. The molecule has 0 aliphatic carbocycles. The fourth-order valence-electron chi connectivity index (χ4n) is 2.36. The first-order chi connectivity index (χ1) is 8.96. The molecule has 1 aromatic rings. The number of nitrogens with two attached hydrogens (primary N) is 2. The smallest absolute Gasteiger partial charge is 0.0912 e. The van der Waals surface area contributed by atoms with Crippen LogP contribution in [0.3, 0.4) is 0 Å². The van der Waals surface area contributed by atoms with Crippen LogP contribution in [0, 0.1) is 0 Å². The van der Waals surface area contributed by atoms with Gasteiger partial charge in [0.05, 0.1) is 38.6 Å². The van der Waals surface area contributed by atoms with Crippen molar-refractivity contribution in [2.75, 3.05) is 70.1 Å². The van der Waals surface area contributed by atoms with Crippen molar-refractivity contribution >= 4 is 17.1 Å². The minimum Gasteiger partial charge on any atom is -0.399 e. The zero-order chi connectivity index (χ0) is 13.9. The molecule has 19 heavy (non-hydrogen) atoms. The van der Waals surface area contributed by atoms with Crippen molar-refractivity contribution in [2.24, 2.45) is 0 Å². The van der Waals surface area contributed by atoms with Crippen LogP contribution in [-0.4, -0.2) is 62.7 Å². The van der Waals surface area contributed by atoms with Gasteiger partial charge in [-0.15, -0.1) is 0 Å². The summed E-state index contributed by atoms with van der Waals surface area (Å²) in [4.78, 5) is 2.50. The van der Waals surface area contributed by atoms with Gasteiger partial charge in [0.2, 0.25) is 0 Å². The zero-order valence-electron chi connectivity index (χ0n) is 12.0. The number of hydrogen-bond donors (Lipinski definition) is 3. The molecule has 0 unspecified atom stereocenters. The van der Waals surface area contributed by atoms with Gasteiger partial charge >= 0.3 is 0 Å². The van der Waals surface area contributed by atoms with E-state index in [0.29, 0.717) is 5.69 Å². The van der Waals surface area contributed by atoms with Crippen LogP contribution in [0.25, 0.3) is 0 Å². The third-order valence-corrected chi connectivity index (χ3v) is 3.86. The fourth-order valence-corrected chi connectivity index (χ4v) is 2.36. The second-order valence-corrected chi connectivity index (χ2v) is 6.00. The fraction of sp³-hybridized carbons (Fsp3) is 0.571. The van der Waals surface area contributed by atoms with Crippen LogP contribution in [0.5, 0.6) is 0 Å². The number of likely N-dealkylation sites (N-methyl/N-ethyl adjacent to an activating group) is 1. The zero-order valence-corrected chi connectivity index (χ0v) is 12.0. The number of hydrogen-bond acceptors (Lipinski definition) is 4. The highest BCUT2D eigenvalue weighted by molar-refractivity contribution is 5.70. The van der Waals surface area contributed by atoms with Crippen molar-refractivity contribution in [3.8, 4) is 0 Å². The summed E-state index contributed by atoms with van der Waals surface area (Å²) in [6.07, 6.45) is 0. The van der Waals surface area contributed by atoms with Gasteiger partial charge in [-0.25, -0.2) is 0 Å². The minimum atomic E-state index is 0.707. The number of anilines is 3. The normalized spacial score (nSPS) is 19.3. The summed E-state index contributed by atoms with van der Waals surface area (Å²) in [5.41, 5.74) is 14.0. The van der Waals surface area contributed by atoms with Gasteiger partial charge in [0, 0.05) is 31.9 Å². The molecule has 5 N–H and O–H groups in total.